The van der Waals surface area contributed by atoms with E-state index >= 15 is 0 Å². The van der Waals surface area contributed by atoms with E-state index in [0.717, 1.165) is 17.4 Å². The van der Waals surface area contributed by atoms with Crippen molar-refractivity contribution in [2.45, 2.75) is 38.3 Å². The number of carboxylic acids is 1. The number of aliphatic hydroxyl groups is 1. The Balaban J connectivity index is 0.00000480. The molecule has 1 unspecified atom stereocenters. The maximum atomic E-state index is 11.4. The van der Waals surface area contributed by atoms with Gasteiger partial charge in [0.05, 0.1) is 24.5 Å². The first-order valence-electron chi connectivity index (χ1n) is 9.38. The van der Waals surface area contributed by atoms with Crippen LogP contribution in [0.3, 0.4) is 0 Å². The fourth-order valence-corrected chi connectivity index (χ4v) is 3.69. The van der Waals surface area contributed by atoms with Crippen LogP contribution in [0.2, 0.25) is 0 Å². The average molecular weight is 461 g/mol. The summed E-state index contributed by atoms with van der Waals surface area (Å²) in [5.74, 6) is -1.11. The number of hydrogen-bond acceptors (Lipinski definition) is 6. The predicted octanol–water partition coefficient (Wildman–Crippen LogP) is 1.39. The Labute approximate surface area is 205 Å². The van der Waals surface area contributed by atoms with Crippen LogP contribution in [0, 0.1) is 0 Å². The molecule has 2 aromatic carbocycles. The summed E-state index contributed by atoms with van der Waals surface area (Å²) in [6, 6.07) is 11.6. The van der Waals surface area contributed by atoms with Gasteiger partial charge < -0.3 is 20.6 Å². The van der Waals surface area contributed by atoms with Gasteiger partial charge in [-0.05, 0) is 49.1 Å². The molecule has 166 valence electrons. The Morgan fingerprint density at radius 1 is 1.13 bits per heavy atom. The summed E-state index contributed by atoms with van der Waals surface area (Å²) in [5, 5.41) is 32.6. The fraction of sp³-hybridized carbons (Fsp3) is 0.381. The molecule has 0 radical (unpaired) electrons. The van der Waals surface area contributed by atoms with Gasteiger partial charge in [-0.2, -0.15) is 0 Å². The van der Waals surface area contributed by atoms with Crippen molar-refractivity contribution in [2.24, 2.45) is 0 Å². The fourth-order valence-electron chi connectivity index (χ4n) is 3.13. The summed E-state index contributed by atoms with van der Waals surface area (Å²) in [4.78, 5) is 10.9. The third-order valence-corrected chi connectivity index (χ3v) is 5.06. The SMILES string of the molecule is CC(C)(Cc1cccc(CC(=O)O)c1)NCC(O)c1ccc(O)c(NS(C)(=O)=O)c1.[NaH]. The number of sulfonamides is 1. The molecule has 2 rings (SSSR count). The van der Waals surface area contributed by atoms with Crippen LogP contribution in [0.15, 0.2) is 42.5 Å². The number of hydrogen-bond donors (Lipinski definition) is 5. The second-order valence-corrected chi connectivity index (χ2v) is 9.75. The number of anilines is 1. The number of aromatic hydroxyl groups is 1. The van der Waals surface area contributed by atoms with E-state index in [4.69, 9.17) is 5.11 Å². The van der Waals surface area contributed by atoms with E-state index in [2.05, 4.69) is 10.0 Å². The summed E-state index contributed by atoms with van der Waals surface area (Å²) < 4.78 is 25.1. The quantitative estimate of drug-likeness (QED) is 0.267. The van der Waals surface area contributed by atoms with Gasteiger partial charge in [-0.1, -0.05) is 30.3 Å². The van der Waals surface area contributed by atoms with E-state index in [1.165, 1.54) is 18.2 Å². The minimum atomic E-state index is -3.57. The van der Waals surface area contributed by atoms with Crippen molar-refractivity contribution in [3.05, 3.63) is 59.2 Å². The van der Waals surface area contributed by atoms with Crippen molar-refractivity contribution >= 4 is 51.2 Å². The van der Waals surface area contributed by atoms with Crippen LogP contribution in [-0.4, -0.2) is 77.6 Å². The van der Waals surface area contributed by atoms with Gasteiger partial charge in [-0.3, -0.25) is 9.52 Å². The topological polar surface area (TPSA) is 136 Å². The molecular weight excluding hydrogens is 431 g/mol. The number of carbonyl (C=O) groups is 1. The zero-order valence-electron chi connectivity index (χ0n) is 17.2. The zero-order valence-corrected chi connectivity index (χ0v) is 18.0. The molecule has 5 N–H and O–H groups in total. The molecule has 2 aromatic rings. The Hall–Kier alpha value is -1.62. The van der Waals surface area contributed by atoms with Crippen molar-refractivity contribution < 1.29 is 28.5 Å². The molecule has 0 aliphatic carbocycles. The van der Waals surface area contributed by atoms with Crippen molar-refractivity contribution in [1.29, 1.82) is 0 Å². The summed E-state index contributed by atoms with van der Waals surface area (Å²) in [7, 11) is -3.57. The van der Waals surface area contributed by atoms with Crippen molar-refractivity contribution in [3.8, 4) is 5.75 Å². The first-order valence-corrected chi connectivity index (χ1v) is 11.3. The van der Waals surface area contributed by atoms with Gasteiger partial charge in [0.1, 0.15) is 5.75 Å². The van der Waals surface area contributed by atoms with E-state index in [0.29, 0.717) is 12.0 Å². The van der Waals surface area contributed by atoms with Gasteiger partial charge in [-0.15, -0.1) is 0 Å². The number of aliphatic carboxylic acids is 1. The van der Waals surface area contributed by atoms with Gasteiger partial charge in [-0.25, -0.2) is 8.42 Å². The molecule has 10 heteroatoms. The number of β-amino-alcohol motifs (C(OH)–C–C–N with tert-alkyl or cyclic N) is 1. The second kappa shape index (κ2) is 11.3. The Morgan fingerprint density at radius 2 is 1.77 bits per heavy atom. The van der Waals surface area contributed by atoms with Gasteiger partial charge >= 0.3 is 35.5 Å². The van der Waals surface area contributed by atoms with Gasteiger partial charge in [0.25, 0.3) is 0 Å². The van der Waals surface area contributed by atoms with Gasteiger partial charge in [0, 0.05) is 12.1 Å². The summed E-state index contributed by atoms with van der Waals surface area (Å²) in [5.41, 5.74) is 1.76. The molecule has 0 amide bonds. The standard InChI is InChI=1S/C21H28N2O6S.Na.H/c1-21(2,12-15-6-4-5-14(9-15)10-20(26)27)22-13-19(25)16-7-8-18(24)17(11-16)23-30(3,28)29;;/h4-9,11,19,22-25H,10,12-13H2,1-3H3,(H,26,27);;. The molecule has 0 spiro atoms. The number of aliphatic hydroxyl groups excluding tert-OH is 1. The molecule has 0 heterocycles. The minimum absolute atomic E-state index is 0. The Morgan fingerprint density at radius 3 is 2.39 bits per heavy atom. The molecule has 0 aliphatic rings. The van der Waals surface area contributed by atoms with Crippen molar-refractivity contribution in [3.63, 3.8) is 0 Å². The van der Waals surface area contributed by atoms with E-state index < -0.39 is 27.6 Å². The van der Waals surface area contributed by atoms with Crippen LogP contribution in [-0.2, 0) is 27.7 Å². The molecular formula is C21H29N2NaO6S. The summed E-state index contributed by atoms with van der Waals surface area (Å²) in [6.07, 6.45) is 0.628. The number of phenolic OH excluding ortho intramolecular Hbond substituents is 1. The first-order chi connectivity index (χ1) is 13.8. The van der Waals surface area contributed by atoms with Gasteiger partial charge in [0.2, 0.25) is 10.0 Å². The summed E-state index contributed by atoms with van der Waals surface area (Å²) >= 11 is 0. The average Bonchev–Trinajstić information content (AvgIpc) is 2.60. The molecule has 0 aromatic heterocycles. The number of carboxylic acid groups (broad SMARTS) is 1. The molecule has 0 saturated carbocycles. The van der Waals surface area contributed by atoms with E-state index in [1.54, 1.807) is 6.07 Å². The molecule has 0 fully saturated rings. The first kappa shape index (κ1) is 27.4. The van der Waals surface area contributed by atoms with Crippen LogP contribution in [0.4, 0.5) is 5.69 Å². The van der Waals surface area contributed by atoms with E-state index in [9.17, 15) is 23.4 Å². The molecule has 1 atom stereocenters. The number of nitrogens with one attached hydrogen (secondary N) is 2. The van der Waals surface area contributed by atoms with Crippen LogP contribution < -0.4 is 10.0 Å². The van der Waals surface area contributed by atoms with Crippen molar-refractivity contribution in [1.82, 2.24) is 5.32 Å². The maximum absolute atomic E-state index is 11.4. The van der Waals surface area contributed by atoms with Crippen LogP contribution in [0.25, 0.3) is 0 Å². The number of benzene rings is 2. The third-order valence-electron chi connectivity index (χ3n) is 4.47. The van der Waals surface area contributed by atoms with Gasteiger partial charge in [0.15, 0.2) is 0 Å². The van der Waals surface area contributed by atoms with E-state index in [-0.39, 0.29) is 54.0 Å². The molecule has 31 heavy (non-hydrogen) atoms. The monoisotopic (exact) mass is 460 g/mol. The van der Waals surface area contributed by atoms with Crippen LogP contribution in [0.5, 0.6) is 5.75 Å². The predicted molar refractivity (Wildman–Crippen MR) is 122 cm³/mol. The number of phenols is 1. The zero-order chi connectivity index (χ0) is 22.5. The molecule has 0 bridgehead atoms. The number of rotatable bonds is 10. The second-order valence-electron chi connectivity index (χ2n) is 8.00. The summed E-state index contributed by atoms with van der Waals surface area (Å²) in [6.45, 7) is 4.14. The molecule has 8 nitrogen and oxygen atoms in total. The van der Waals surface area contributed by atoms with Crippen LogP contribution >= 0.6 is 0 Å². The Bertz CT molecular complexity index is 1010. The molecule has 0 saturated heterocycles. The third kappa shape index (κ3) is 9.59. The Kier molecular flexibility index (Phi) is 10.00. The molecule has 0 aliphatic heterocycles. The van der Waals surface area contributed by atoms with Crippen LogP contribution in [0.1, 0.15) is 36.6 Å². The van der Waals surface area contributed by atoms with E-state index in [1.807, 2.05) is 32.0 Å². The van der Waals surface area contributed by atoms with Crippen molar-refractivity contribution in [2.75, 3.05) is 17.5 Å². The normalized spacial score (nSPS) is 12.6.